The smallest absolute Gasteiger partial charge is 0.338 e. The SMILES string of the molecule is COC(=O)c1cc(S(=O)(=O)NCCc2ccc(-c3ccc(F)cc3)cc2)ccc1C. The molecule has 0 aliphatic carbocycles. The van der Waals surface area contributed by atoms with Crippen LogP contribution in [0.1, 0.15) is 21.5 Å². The van der Waals surface area contributed by atoms with Crippen LogP contribution >= 0.6 is 0 Å². The van der Waals surface area contributed by atoms with Gasteiger partial charge in [-0.15, -0.1) is 0 Å². The first-order valence-electron chi connectivity index (χ1n) is 9.33. The van der Waals surface area contributed by atoms with Crippen molar-refractivity contribution in [3.8, 4) is 11.1 Å². The first-order chi connectivity index (χ1) is 14.3. The summed E-state index contributed by atoms with van der Waals surface area (Å²) in [6.07, 6.45) is 0.499. The van der Waals surface area contributed by atoms with Crippen molar-refractivity contribution in [1.29, 1.82) is 0 Å². The summed E-state index contributed by atoms with van der Waals surface area (Å²) >= 11 is 0. The summed E-state index contributed by atoms with van der Waals surface area (Å²) in [6.45, 7) is 1.92. The predicted molar refractivity (Wildman–Crippen MR) is 113 cm³/mol. The van der Waals surface area contributed by atoms with Crippen LogP contribution in [0.3, 0.4) is 0 Å². The van der Waals surface area contributed by atoms with E-state index in [4.69, 9.17) is 4.74 Å². The lowest BCUT2D eigenvalue weighted by molar-refractivity contribution is 0.0599. The van der Waals surface area contributed by atoms with Crippen molar-refractivity contribution in [1.82, 2.24) is 4.72 Å². The molecule has 0 heterocycles. The summed E-state index contributed by atoms with van der Waals surface area (Å²) < 4.78 is 45.4. The van der Waals surface area contributed by atoms with Crippen molar-refractivity contribution in [3.63, 3.8) is 0 Å². The third kappa shape index (κ3) is 5.11. The number of aryl methyl sites for hydroxylation is 1. The van der Waals surface area contributed by atoms with Crippen molar-refractivity contribution in [3.05, 3.63) is 89.2 Å². The minimum absolute atomic E-state index is 0.0140. The van der Waals surface area contributed by atoms with Gasteiger partial charge in [0.2, 0.25) is 10.0 Å². The van der Waals surface area contributed by atoms with E-state index in [9.17, 15) is 17.6 Å². The zero-order valence-electron chi connectivity index (χ0n) is 16.7. The average molecular weight is 427 g/mol. The molecule has 0 unspecified atom stereocenters. The van der Waals surface area contributed by atoms with Gasteiger partial charge in [-0.25, -0.2) is 22.3 Å². The lowest BCUT2D eigenvalue weighted by atomic mass is 10.0. The summed E-state index contributed by atoms with van der Waals surface area (Å²) in [7, 11) is -2.51. The Balaban J connectivity index is 1.64. The highest BCUT2D eigenvalue weighted by molar-refractivity contribution is 7.89. The number of methoxy groups -OCH3 is 1. The van der Waals surface area contributed by atoms with Crippen LogP contribution in [0.25, 0.3) is 11.1 Å². The summed E-state index contributed by atoms with van der Waals surface area (Å²) in [6, 6.07) is 18.3. The number of rotatable bonds is 7. The zero-order chi connectivity index (χ0) is 21.7. The van der Waals surface area contributed by atoms with Crippen LogP contribution < -0.4 is 4.72 Å². The number of carbonyl (C=O) groups is 1. The van der Waals surface area contributed by atoms with Gasteiger partial charge in [-0.2, -0.15) is 0 Å². The fourth-order valence-electron chi connectivity index (χ4n) is 3.02. The highest BCUT2D eigenvalue weighted by Gasteiger charge is 2.18. The molecule has 3 aromatic rings. The Morgan fingerprint density at radius 1 is 0.967 bits per heavy atom. The van der Waals surface area contributed by atoms with Gasteiger partial charge in [-0.3, -0.25) is 0 Å². The van der Waals surface area contributed by atoms with E-state index in [-0.39, 0.29) is 22.8 Å². The molecular formula is C23H22FNO4S. The number of sulfonamides is 1. The Morgan fingerprint density at radius 3 is 2.17 bits per heavy atom. The third-order valence-corrected chi connectivity index (χ3v) is 6.22. The van der Waals surface area contributed by atoms with Gasteiger partial charge in [0, 0.05) is 6.54 Å². The number of ether oxygens (including phenoxy) is 1. The maximum absolute atomic E-state index is 13.0. The van der Waals surface area contributed by atoms with E-state index >= 15 is 0 Å². The van der Waals surface area contributed by atoms with E-state index in [1.165, 1.54) is 31.4 Å². The van der Waals surface area contributed by atoms with Gasteiger partial charge in [0.1, 0.15) is 5.82 Å². The summed E-state index contributed by atoms with van der Waals surface area (Å²) in [5, 5.41) is 0. The number of halogens is 1. The van der Waals surface area contributed by atoms with E-state index in [2.05, 4.69) is 4.72 Å². The second-order valence-electron chi connectivity index (χ2n) is 6.82. The Labute approximate surface area is 175 Å². The number of benzene rings is 3. The van der Waals surface area contributed by atoms with E-state index in [1.54, 1.807) is 25.1 Å². The molecule has 1 N–H and O–H groups in total. The van der Waals surface area contributed by atoms with Gasteiger partial charge in [0.15, 0.2) is 0 Å². The van der Waals surface area contributed by atoms with Crippen molar-refractivity contribution < 1.29 is 22.3 Å². The number of esters is 1. The first-order valence-corrected chi connectivity index (χ1v) is 10.8. The molecule has 30 heavy (non-hydrogen) atoms. The minimum atomic E-state index is -3.76. The number of carbonyl (C=O) groups excluding carboxylic acids is 1. The monoisotopic (exact) mass is 427 g/mol. The fraction of sp³-hybridized carbons (Fsp3) is 0.174. The van der Waals surface area contributed by atoms with Crippen molar-refractivity contribution in [2.24, 2.45) is 0 Å². The van der Waals surface area contributed by atoms with Gasteiger partial charge in [0.25, 0.3) is 0 Å². The predicted octanol–water partition coefficient (Wildman–Crippen LogP) is 4.11. The lowest BCUT2D eigenvalue weighted by Crippen LogP contribution is -2.26. The maximum Gasteiger partial charge on any atom is 0.338 e. The van der Waals surface area contributed by atoms with Gasteiger partial charge in [-0.05, 0) is 59.9 Å². The molecule has 0 radical (unpaired) electrons. The average Bonchev–Trinajstić information content (AvgIpc) is 2.74. The van der Waals surface area contributed by atoms with Crippen LogP contribution in [0.5, 0.6) is 0 Å². The number of nitrogens with one attached hydrogen (secondary N) is 1. The van der Waals surface area contributed by atoms with Gasteiger partial charge >= 0.3 is 5.97 Å². The Hall–Kier alpha value is -3.03. The Morgan fingerprint density at radius 2 is 1.57 bits per heavy atom. The molecule has 0 atom stereocenters. The number of hydrogen-bond acceptors (Lipinski definition) is 4. The molecule has 0 saturated heterocycles. The highest BCUT2D eigenvalue weighted by atomic mass is 32.2. The van der Waals surface area contributed by atoms with Crippen molar-refractivity contribution >= 4 is 16.0 Å². The van der Waals surface area contributed by atoms with Crippen LogP contribution in [0, 0.1) is 12.7 Å². The minimum Gasteiger partial charge on any atom is -0.465 e. The van der Waals surface area contributed by atoms with Crippen molar-refractivity contribution in [2.45, 2.75) is 18.2 Å². The molecule has 0 fully saturated rings. The third-order valence-electron chi connectivity index (χ3n) is 4.76. The van der Waals surface area contributed by atoms with Crippen LogP contribution in [0.4, 0.5) is 4.39 Å². The molecule has 0 bridgehead atoms. The first kappa shape index (κ1) is 21.7. The second-order valence-corrected chi connectivity index (χ2v) is 8.59. The second kappa shape index (κ2) is 9.19. The van der Waals surface area contributed by atoms with Crippen LogP contribution in [0.15, 0.2) is 71.6 Å². The molecule has 0 saturated carbocycles. The summed E-state index contributed by atoms with van der Waals surface area (Å²) in [5.74, 6) is -0.860. The quantitative estimate of drug-likeness (QED) is 0.576. The largest absolute Gasteiger partial charge is 0.465 e. The van der Waals surface area contributed by atoms with Gasteiger partial charge in [0.05, 0.1) is 17.6 Å². The molecule has 0 aliphatic heterocycles. The van der Waals surface area contributed by atoms with Crippen molar-refractivity contribution in [2.75, 3.05) is 13.7 Å². The van der Waals surface area contributed by atoms with E-state index < -0.39 is 16.0 Å². The molecule has 0 aromatic heterocycles. The molecule has 0 amide bonds. The molecule has 3 rings (SSSR count). The molecule has 0 aliphatic rings. The Kier molecular flexibility index (Phi) is 6.64. The topological polar surface area (TPSA) is 72.5 Å². The molecule has 7 heteroatoms. The van der Waals surface area contributed by atoms with E-state index in [0.717, 1.165) is 16.7 Å². The van der Waals surface area contributed by atoms with Gasteiger partial charge in [-0.1, -0.05) is 42.5 Å². The van der Waals surface area contributed by atoms with Gasteiger partial charge < -0.3 is 4.74 Å². The van der Waals surface area contributed by atoms with E-state index in [0.29, 0.717) is 12.0 Å². The van der Waals surface area contributed by atoms with Crippen LogP contribution in [-0.4, -0.2) is 28.0 Å². The highest BCUT2D eigenvalue weighted by Crippen LogP contribution is 2.20. The van der Waals surface area contributed by atoms with Crippen LogP contribution in [-0.2, 0) is 21.2 Å². The normalized spacial score (nSPS) is 11.3. The van der Waals surface area contributed by atoms with Crippen LogP contribution in [0.2, 0.25) is 0 Å². The van der Waals surface area contributed by atoms with E-state index in [1.807, 2.05) is 24.3 Å². The molecule has 0 spiro atoms. The standard InChI is InChI=1S/C23H22FNO4S/c1-16-3-12-21(15-22(16)23(26)29-2)30(27,28)25-14-13-17-4-6-18(7-5-17)19-8-10-20(24)11-9-19/h3-12,15,25H,13-14H2,1-2H3. The number of hydrogen-bond donors (Lipinski definition) is 1. The summed E-state index contributed by atoms with van der Waals surface area (Å²) in [5.41, 5.74) is 3.68. The maximum atomic E-state index is 13.0. The molecule has 5 nitrogen and oxygen atoms in total. The molecule has 3 aromatic carbocycles. The fourth-order valence-corrected chi connectivity index (χ4v) is 4.08. The summed E-state index contributed by atoms with van der Waals surface area (Å²) in [4.78, 5) is 11.8. The molecular weight excluding hydrogens is 405 g/mol. The zero-order valence-corrected chi connectivity index (χ0v) is 17.5. The lowest BCUT2D eigenvalue weighted by Gasteiger charge is -2.10. The molecule has 156 valence electrons. The Bertz CT molecular complexity index is 1140.